The second-order valence-corrected chi connectivity index (χ2v) is 4.52. The van der Waals surface area contributed by atoms with Crippen molar-refractivity contribution >= 4 is 17.0 Å². The van der Waals surface area contributed by atoms with Gasteiger partial charge < -0.3 is 15.1 Å². The number of halogens is 1. The number of hydrogen-bond donors (Lipinski definition) is 2. The summed E-state index contributed by atoms with van der Waals surface area (Å²) in [5.41, 5.74) is 1.05. The third kappa shape index (κ3) is 3.61. The first-order valence-electron chi connectivity index (χ1n) is 5.94. The molecular formula is C13H20BrNO2. The topological polar surface area (TPSA) is 43.7 Å². The predicted octanol–water partition coefficient (Wildman–Crippen LogP) is 2.88. The minimum Gasteiger partial charge on any atom is -0.508 e. The van der Waals surface area contributed by atoms with E-state index in [9.17, 15) is 10.2 Å². The lowest BCUT2D eigenvalue weighted by atomic mass is 9.90. The van der Waals surface area contributed by atoms with Crippen LogP contribution >= 0.6 is 17.0 Å². The zero-order valence-corrected chi connectivity index (χ0v) is 11.8. The van der Waals surface area contributed by atoms with Crippen LogP contribution in [0, 0.1) is 0 Å². The first-order chi connectivity index (χ1) is 7.69. The molecule has 4 heteroatoms. The number of piperidine rings is 1. The maximum atomic E-state index is 9.47. The Morgan fingerprint density at radius 1 is 1.24 bits per heavy atom. The van der Waals surface area contributed by atoms with Gasteiger partial charge in [0.1, 0.15) is 11.5 Å². The van der Waals surface area contributed by atoms with Gasteiger partial charge in [-0.25, -0.2) is 0 Å². The molecule has 3 nitrogen and oxygen atoms in total. The summed E-state index contributed by atoms with van der Waals surface area (Å²) in [6, 6.07) is 4.91. The van der Waals surface area contributed by atoms with Crippen molar-refractivity contribution in [3.8, 4) is 11.5 Å². The van der Waals surface area contributed by atoms with Gasteiger partial charge in [-0.1, -0.05) is 6.92 Å². The maximum absolute atomic E-state index is 9.47. The molecule has 0 radical (unpaired) electrons. The van der Waals surface area contributed by atoms with E-state index in [2.05, 4.69) is 11.8 Å². The van der Waals surface area contributed by atoms with Crippen molar-refractivity contribution in [3.05, 3.63) is 23.8 Å². The molecule has 1 aliphatic rings. The third-order valence-electron chi connectivity index (χ3n) is 3.35. The maximum Gasteiger partial charge on any atom is 0.119 e. The summed E-state index contributed by atoms with van der Waals surface area (Å²) in [5.74, 6) is 0.749. The van der Waals surface area contributed by atoms with Gasteiger partial charge in [-0.15, -0.1) is 17.0 Å². The van der Waals surface area contributed by atoms with Crippen molar-refractivity contribution in [1.82, 2.24) is 4.90 Å². The number of likely N-dealkylation sites (N-methyl/N-ethyl adjacent to an activating group) is 1. The number of rotatable bonds is 2. The number of nitrogens with zero attached hydrogens (tertiary/aromatic N) is 1. The van der Waals surface area contributed by atoms with E-state index in [1.54, 1.807) is 12.1 Å². The molecule has 1 aromatic carbocycles. The Morgan fingerprint density at radius 3 is 2.47 bits per heavy atom. The van der Waals surface area contributed by atoms with Gasteiger partial charge in [0, 0.05) is 12.6 Å². The largest absolute Gasteiger partial charge is 0.508 e. The zero-order chi connectivity index (χ0) is 11.5. The Morgan fingerprint density at radius 2 is 1.88 bits per heavy atom. The van der Waals surface area contributed by atoms with E-state index in [0.717, 1.165) is 31.6 Å². The van der Waals surface area contributed by atoms with Crippen LogP contribution in [-0.2, 0) is 0 Å². The van der Waals surface area contributed by atoms with Crippen LogP contribution in [0.15, 0.2) is 18.2 Å². The highest BCUT2D eigenvalue weighted by molar-refractivity contribution is 8.93. The molecule has 0 saturated carbocycles. The number of likely N-dealkylation sites (tertiary alicyclic amines) is 1. The Balaban J connectivity index is 0.00000144. The number of phenols is 2. The molecule has 1 fully saturated rings. The number of benzene rings is 1. The quantitative estimate of drug-likeness (QED) is 0.883. The smallest absolute Gasteiger partial charge is 0.119 e. The molecule has 0 amide bonds. The summed E-state index contributed by atoms with van der Waals surface area (Å²) < 4.78 is 0. The molecule has 1 atom stereocenters. The van der Waals surface area contributed by atoms with Crippen molar-refractivity contribution in [3.63, 3.8) is 0 Å². The molecule has 1 saturated heterocycles. The first kappa shape index (κ1) is 14.3. The molecular weight excluding hydrogens is 282 g/mol. The summed E-state index contributed by atoms with van der Waals surface area (Å²) in [6.45, 7) is 5.43. The van der Waals surface area contributed by atoms with Gasteiger partial charge in [-0.3, -0.25) is 0 Å². The van der Waals surface area contributed by atoms with Gasteiger partial charge in [0.15, 0.2) is 0 Å². The highest BCUT2D eigenvalue weighted by Crippen LogP contribution is 2.31. The van der Waals surface area contributed by atoms with Crippen molar-refractivity contribution in [2.75, 3.05) is 19.6 Å². The fourth-order valence-corrected chi connectivity index (χ4v) is 2.47. The monoisotopic (exact) mass is 301 g/mol. The Labute approximate surface area is 113 Å². The average Bonchev–Trinajstić information content (AvgIpc) is 2.28. The normalized spacial score (nSPS) is 20.9. The van der Waals surface area contributed by atoms with Crippen molar-refractivity contribution in [2.45, 2.75) is 25.7 Å². The van der Waals surface area contributed by atoms with Crippen LogP contribution in [0.5, 0.6) is 11.5 Å². The highest BCUT2D eigenvalue weighted by atomic mass is 79.9. The third-order valence-corrected chi connectivity index (χ3v) is 3.35. The molecule has 1 heterocycles. The summed E-state index contributed by atoms with van der Waals surface area (Å²) in [7, 11) is 0. The van der Waals surface area contributed by atoms with Gasteiger partial charge in [0.25, 0.3) is 0 Å². The SMILES string of the molecule is Br.CCN1CCCC(c2cc(O)cc(O)c2)C1. The van der Waals surface area contributed by atoms with E-state index in [-0.39, 0.29) is 28.5 Å². The van der Waals surface area contributed by atoms with E-state index in [1.165, 1.54) is 12.5 Å². The lowest BCUT2D eigenvalue weighted by Crippen LogP contribution is -2.34. The molecule has 2 N–H and O–H groups in total. The van der Waals surface area contributed by atoms with Crippen molar-refractivity contribution < 1.29 is 10.2 Å². The molecule has 1 aromatic rings. The van der Waals surface area contributed by atoms with Gasteiger partial charge in [-0.2, -0.15) is 0 Å². The summed E-state index contributed by atoms with van der Waals surface area (Å²) in [4.78, 5) is 2.41. The highest BCUT2D eigenvalue weighted by Gasteiger charge is 2.20. The van der Waals surface area contributed by atoms with Gasteiger partial charge in [0.05, 0.1) is 0 Å². The van der Waals surface area contributed by atoms with E-state index in [0.29, 0.717) is 5.92 Å². The Bertz CT molecular complexity index is 350. The Hall–Kier alpha value is -0.740. The lowest BCUT2D eigenvalue weighted by molar-refractivity contribution is 0.217. The fraction of sp³-hybridized carbons (Fsp3) is 0.538. The summed E-state index contributed by atoms with van der Waals surface area (Å²) >= 11 is 0. The molecule has 1 aliphatic heterocycles. The average molecular weight is 302 g/mol. The second-order valence-electron chi connectivity index (χ2n) is 4.52. The van der Waals surface area contributed by atoms with E-state index in [1.807, 2.05) is 0 Å². The summed E-state index contributed by atoms with van der Waals surface area (Å²) in [6.07, 6.45) is 2.33. The molecule has 0 aliphatic carbocycles. The minimum absolute atomic E-state index is 0. The lowest BCUT2D eigenvalue weighted by Gasteiger charge is -2.32. The number of phenolic OH excluding ortho intramolecular Hbond substituents is 2. The molecule has 17 heavy (non-hydrogen) atoms. The van der Waals surface area contributed by atoms with Crippen LogP contribution in [0.25, 0.3) is 0 Å². The Kier molecular flexibility index (Phi) is 5.28. The molecule has 0 bridgehead atoms. The predicted molar refractivity (Wildman–Crippen MR) is 74.2 cm³/mol. The van der Waals surface area contributed by atoms with Gasteiger partial charge in [-0.05, 0) is 49.5 Å². The number of hydrogen-bond acceptors (Lipinski definition) is 3. The minimum atomic E-state index is 0. The molecule has 2 rings (SSSR count). The fourth-order valence-electron chi connectivity index (χ4n) is 2.47. The van der Waals surface area contributed by atoms with E-state index >= 15 is 0 Å². The van der Waals surface area contributed by atoms with Crippen LogP contribution in [-0.4, -0.2) is 34.7 Å². The molecule has 0 spiro atoms. The van der Waals surface area contributed by atoms with Crippen LogP contribution in [0.3, 0.4) is 0 Å². The van der Waals surface area contributed by atoms with Crippen LogP contribution < -0.4 is 0 Å². The zero-order valence-electron chi connectivity index (χ0n) is 10.1. The van der Waals surface area contributed by atoms with Gasteiger partial charge in [0.2, 0.25) is 0 Å². The molecule has 1 unspecified atom stereocenters. The molecule has 0 aromatic heterocycles. The number of aromatic hydroxyl groups is 2. The standard InChI is InChI=1S/C13H19NO2.BrH/c1-2-14-5-3-4-10(9-14)11-6-12(15)8-13(16)7-11;/h6-8,10,15-16H,2-5,9H2,1H3;1H. The molecule has 96 valence electrons. The van der Waals surface area contributed by atoms with Gasteiger partial charge >= 0.3 is 0 Å². The van der Waals surface area contributed by atoms with E-state index in [4.69, 9.17) is 0 Å². The first-order valence-corrected chi connectivity index (χ1v) is 5.94. The van der Waals surface area contributed by atoms with Crippen molar-refractivity contribution in [1.29, 1.82) is 0 Å². The van der Waals surface area contributed by atoms with Crippen LogP contribution in [0.1, 0.15) is 31.2 Å². The van der Waals surface area contributed by atoms with Crippen LogP contribution in [0.2, 0.25) is 0 Å². The van der Waals surface area contributed by atoms with Crippen LogP contribution in [0.4, 0.5) is 0 Å². The second kappa shape index (κ2) is 6.26. The van der Waals surface area contributed by atoms with E-state index < -0.39 is 0 Å². The van der Waals surface area contributed by atoms with Crippen molar-refractivity contribution in [2.24, 2.45) is 0 Å². The summed E-state index contributed by atoms with van der Waals surface area (Å²) in [5, 5.41) is 18.9.